The number of halogens is 1. The van der Waals surface area contributed by atoms with Gasteiger partial charge in [0.25, 0.3) is 0 Å². The van der Waals surface area contributed by atoms with Gasteiger partial charge in [-0.25, -0.2) is 9.97 Å². The van der Waals surface area contributed by atoms with Crippen LogP contribution in [0.25, 0.3) is 21.6 Å². The summed E-state index contributed by atoms with van der Waals surface area (Å²) in [5, 5.41) is 1.05. The van der Waals surface area contributed by atoms with Gasteiger partial charge in [0.05, 0.1) is 24.6 Å². The molecule has 2 heterocycles. The second-order valence-electron chi connectivity index (χ2n) is 3.93. The molecular weight excluding hydrogens is 298 g/mol. The third-order valence-electron chi connectivity index (χ3n) is 2.80. The highest BCUT2D eigenvalue weighted by molar-refractivity contribution is 7.13. The maximum atomic E-state index is 6.26. The zero-order valence-corrected chi connectivity index (χ0v) is 12.3. The minimum atomic E-state index is 0.357. The zero-order chi connectivity index (χ0) is 14.1. The van der Waals surface area contributed by atoms with E-state index in [1.807, 2.05) is 0 Å². The molecule has 0 spiro atoms. The summed E-state index contributed by atoms with van der Waals surface area (Å²) in [7, 11) is 3.16. The predicted octanol–water partition coefficient (Wildman–Crippen LogP) is 3.42. The standard InChI is InChI=1S/C13H10ClN3O2S/c1-18-7-3-8-11(9(4-7)19-2)16-13(17-12(8)14)10-5-15-6-20-10/h3-6H,1-2H3. The van der Waals surface area contributed by atoms with Crippen molar-refractivity contribution in [3.63, 3.8) is 0 Å². The van der Waals surface area contributed by atoms with Crippen molar-refractivity contribution in [2.24, 2.45) is 0 Å². The minimum Gasteiger partial charge on any atom is -0.497 e. The topological polar surface area (TPSA) is 57.1 Å². The molecule has 3 aromatic rings. The Labute approximate surface area is 124 Å². The highest BCUT2D eigenvalue weighted by Gasteiger charge is 2.14. The van der Waals surface area contributed by atoms with Crippen molar-refractivity contribution in [3.8, 4) is 22.2 Å². The molecule has 0 atom stereocenters. The normalized spacial score (nSPS) is 10.8. The molecule has 7 heteroatoms. The predicted molar refractivity (Wildman–Crippen MR) is 78.8 cm³/mol. The van der Waals surface area contributed by atoms with E-state index in [1.54, 1.807) is 38.1 Å². The Morgan fingerprint density at radius 2 is 2.00 bits per heavy atom. The fourth-order valence-corrected chi connectivity index (χ4v) is 2.63. The maximum Gasteiger partial charge on any atom is 0.173 e. The van der Waals surface area contributed by atoms with Crippen LogP contribution in [-0.4, -0.2) is 29.2 Å². The van der Waals surface area contributed by atoms with Crippen LogP contribution in [0.4, 0.5) is 0 Å². The summed E-state index contributed by atoms with van der Waals surface area (Å²) >= 11 is 7.71. The van der Waals surface area contributed by atoms with Crippen molar-refractivity contribution < 1.29 is 9.47 Å². The molecule has 0 aliphatic heterocycles. The van der Waals surface area contributed by atoms with Crippen LogP contribution in [-0.2, 0) is 0 Å². The van der Waals surface area contributed by atoms with E-state index < -0.39 is 0 Å². The molecule has 0 amide bonds. The first-order valence-corrected chi connectivity index (χ1v) is 6.97. The van der Waals surface area contributed by atoms with E-state index in [9.17, 15) is 0 Å². The van der Waals surface area contributed by atoms with E-state index in [1.165, 1.54) is 11.3 Å². The molecule has 0 saturated heterocycles. The first-order chi connectivity index (χ1) is 9.72. The van der Waals surface area contributed by atoms with E-state index in [0.717, 1.165) is 4.88 Å². The second-order valence-corrected chi connectivity index (χ2v) is 5.17. The van der Waals surface area contributed by atoms with E-state index in [2.05, 4.69) is 15.0 Å². The van der Waals surface area contributed by atoms with Gasteiger partial charge in [-0.2, -0.15) is 0 Å². The summed E-state index contributed by atoms with van der Waals surface area (Å²) in [5.41, 5.74) is 2.37. The lowest BCUT2D eigenvalue weighted by Crippen LogP contribution is -1.95. The van der Waals surface area contributed by atoms with Gasteiger partial charge in [-0.15, -0.1) is 11.3 Å². The average Bonchev–Trinajstić information content (AvgIpc) is 3.00. The van der Waals surface area contributed by atoms with Crippen LogP contribution in [0.15, 0.2) is 23.8 Å². The molecule has 20 heavy (non-hydrogen) atoms. The van der Waals surface area contributed by atoms with Crippen LogP contribution < -0.4 is 9.47 Å². The highest BCUT2D eigenvalue weighted by atomic mass is 35.5. The number of hydrogen-bond acceptors (Lipinski definition) is 6. The van der Waals surface area contributed by atoms with E-state index >= 15 is 0 Å². The summed E-state index contributed by atoms with van der Waals surface area (Å²) in [6, 6.07) is 3.55. The van der Waals surface area contributed by atoms with Gasteiger partial charge >= 0.3 is 0 Å². The third-order valence-corrected chi connectivity index (χ3v) is 3.86. The average molecular weight is 308 g/mol. The molecule has 102 valence electrons. The number of hydrogen-bond donors (Lipinski definition) is 0. The molecule has 0 bridgehead atoms. The maximum absolute atomic E-state index is 6.26. The van der Waals surface area contributed by atoms with Crippen molar-refractivity contribution >= 4 is 33.8 Å². The molecule has 2 aromatic heterocycles. The lowest BCUT2D eigenvalue weighted by molar-refractivity contribution is 0.397. The molecule has 0 aliphatic carbocycles. The monoisotopic (exact) mass is 307 g/mol. The quantitative estimate of drug-likeness (QED) is 0.694. The summed E-state index contributed by atoms with van der Waals surface area (Å²) in [6.07, 6.45) is 1.71. The van der Waals surface area contributed by atoms with Crippen molar-refractivity contribution in [3.05, 3.63) is 29.0 Å². The fourth-order valence-electron chi connectivity index (χ4n) is 1.85. The number of benzene rings is 1. The smallest absolute Gasteiger partial charge is 0.173 e. The Hall–Kier alpha value is -1.92. The second kappa shape index (κ2) is 5.22. The number of aromatic nitrogens is 3. The Kier molecular flexibility index (Phi) is 3.42. The van der Waals surface area contributed by atoms with Crippen molar-refractivity contribution in [1.29, 1.82) is 0 Å². The van der Waals surface area contributed by atoms with Gasteiger partial charge in [0.15, 0.2) is 5.82 Å². The SMILES string of the molecule is COc1cc(OC)c2nc(-c3cncs3)nc(Cl)c2c1. The number of ether oxygens (including phenoxy) is 2. The van der Waals surface area contributed by atoms with Crippen LogP contribution in [0.5, 0.6) is 11.5 Å². The Bertz CT molecular complexity index is 762. The third kappa shape index (κ3) is 2.17. The highest BCUT2D eigenvalue weighted by Crippen LogP contribution is 2.35. The molecule has 0 saturated carbocycles. The Morgan fingerprint density at radius 3 is 2.65 bits per heavy atom. The van der Waals surface area contributed by atoms with Crippen LogP contribution in [0.1, 0.15) is 0 Å². The number of thiazole rings is 1. The van der Waals surface area contributed by atoms with Gasteiger partial charge in [0.2, 0.25) is 0 Å². The molecule has 1 aromatic carbocycles. The summed E-state index contributed by atoms with van der Waals surface area (Å²) in [4.78, 5) is 13.7. The van der Waals surface area contributed by atoms with E-state index in [0.29, 0.717) is 33.4 Å². The van der Waals surface area contributed by atoms with Crippen molar-refractivity contribution in [2.75, 3.05) is 14.2 Å². The van der Waals surface area contributed by atoms with Crippen LogP contribution in [0.3, 0.4) is 0 Å². The number of methoxy groups -OCH3 is 2. The van der Waals surface area contributed by atoms with Gasteiger partial charge < -0.3 is 9.47 Å². The summed E-state index contributed by atoms with van der Waals surface area (Å²) in [5.74, 6) is 1.77. The Morgan fingerprint density at radius 1 is 1.15 bits per heavy atom. The van der Waals surface area contributed by atoms with Gasteiger partial charge in [0, 0.05) is 17.6 Å². The minimum absolute atomic E-state index is 0.357. The van der Waals surface area contributed by atoms with Crippen molar-refractivity contribution in [1.82, 2.24) is 15.0 Å². The number of fused-ring (bicyclic) bond motifs is 1. The first kappa shape index (κ1) is 13.1. The lowest BCUT2D eigenvalue weighted by atomic mass is 10.2. The molecule has 0 aliphatic rings. The van der Waals surface area contributed by atoms with Crippen LogP contribution in [0, 0.1) is 0 Å². The summed E-state index contributed by atoms with van der Waals surface area (Å²) in [6.45, 7) is 0. The van der Waals surface area contributed by atoms with Gasteiger partial charge in [-0.05, 0) is 6.07 Å². The Balaban J connectivity index is 2.30. The van der Waals surface area contributed by atoms with E-state index in [4.69, 9.17) is 21.1 Å². The molecule has 3 rings (SSSR count). The van der Waals surface area contributed by atoms with Crippen LogP contribution >= 0.6 is 22.9 Å². The van der Waals surface area contributed by atoms with Gasteiger partial charge in [-0.1, -0.05) is 11.6 Å². The lowest BCUT2D eigenvalue weighted by Gasteiger charge is -2.09. The number of rotatable bonds is 3. The molecule has 0 unspecified atom stereocenters. The zero-order valence-electron chi connectivity index (χ0n) is 10.8. The van der Waals surface area contributed by atoms with Gasteiger partial charge in [0.1, 0.15) is 22.2 Å². The molecule has 5 nitrogen and oxygen atoms in total. The van der Waals surface area contributed by atoms with Crippen molar-refractivity contribution in [2.45, 2.75) is 0 Å². The van der Waals surface area contributed by atoms with E-state index in [-0.39, 0.29) is 0 Å². The largest absolute Gasteiger partial charge is 0.497 e. The van der Waals surface area contributed by atoms with Gasteiger partial charge in [-0.3, -0.25) is 4.98 Å². The number of nitrogens with zero attached hydrogens (tertiary/aromatic N) is 3. The van der Waals surface area contributed by atoms with Crippen LogP contribution in [0.2, 0.25) is 5.15 Å². The summed E-state index contributed by atoms with van der Waals surface area (Å²) < 4.78 is 10.6. The molecule has 0 radical (unpaired) electrons. The molecular formula is C13H10ClN3O2S. The fraction of sp³-hybridized carbons (Fsp3) is 0.154. The molecule has 0 N–H and O–H groups in total. The first-order valence-electron chi connectivity index (χ1n) is 5.71. The molecule has 0 fully saturated rings.